The van der Waals surface area contributed by atoms with Gasteiger partial charge < -0.3 is 10.6 Å². The van der Waals surface area contributed by atoms with E-state index in [1.165, 1.54) is 0 Å². The molecule has 2 heterocycles. The number of alkyl halides is 3. The standard InChI is InChI=1S/C23H19ClF3N3O2/c1-12-19(22(32)30-17-11-13(23(25,26)27)8-9-14(17)24)21(15-5-2-3-10-28-15)20-16(29-12)6-4-7-18(20)31/h2-3,5,8-11,21,29H,4,6-7H2,1H3,(H,30,32). The lowest BCUT2D eigenvalue weighted by molar-refractivity contribution is -0.137. The van der Waals surface area contributed by atoms with E-state index in [9.17, 15) is 22.8 Å². The van der Waals surface area contributed by atoms with E-state index in [1.54, 1.807) is 31.3 Å². The number of dihydropyridines is 1. The molecule has 2 aliphatic rings. The summed E-state index contributed by atoms with van der Waals surface area (Å²) in [5, 5.41) is 5.62. The van der Waals surface area contributed by atoms with Crippen molar-refractivity contribution < 1.29 is 22.8 Å². The fourth-order valence-corrected chi connectivity index (χ4v) is 4.28. The summed E-state index contributed by atoms with van der Waals surface area (Å²) in [5.74, 6) is -1.47. The first-order chi connectivity index (χ1) is 15.2. The van der Waals surface area contributed by atoms with Gasteiger partial charge >= 0.3 is 6.18 Å². The number of benzene rings is 1. The maximum Gasteiger partial charge on any atom is 0.416 e. The van der Waals surface area contributed by atoms with E-state index in [1.807, 2.05) is 0 Å². The molecule has 0 saturated carbocycles. The lowest BCUT2D eigenvalue weighted by Gasteiger charge is -2.34. The van der Waals surface area contributed by atoms with Gasteiger partial charge in [-0.05, 0) is 50.1 Å². The number of hydrogen-bond donors (Lipinski definition) is 2. The van der Waals surface area contributed by atoms with Gasteiger partial charge in [0.05, 0.1) is 27.9 Å². The van der Waals surface area contributed by atoms with Crippen molar-refractivity contribution in [2.24, 2.45) is 0 Å². The predicted octanol–water partition coefficient (Wildman–Crippen LogP) is 5.36. The zero-order chi connectivity index (χ0) is 23.0. The molecule has 2 aromatic rings. The summed E-state index contributed by atoms with van der Waals surface area (Å²) in [4.78, 5) is 30.5. The van der Waals surface area contributed by atoms with Crippen LogP contribution in [0.4, 0.5) is 18.9 Å². The number of ketones is 1. The Bertz CT molecular complexity index is 1160. The van der Waals surface area contributed by atoms with Crippen LogP contribution in [0, 0.1) is 0 Å². The van der Waals surface area contributed by atoms with Gasteiger partial charge in [0.2, 0.25) is 0 Å². The van der Waals surface area contributed by atoms with Gasteiger partial charge in [-0.15, -0.1) is 0 Å². The summed E-state index contributed by atoms with van der Waals surface area (Å²) >= 11 is 6.06. The number of aromatic nitrogens is 1. The Balaban J connectivity index is 1.76. The fourth-order valence-electron chi connectivity index (χ4n) is 4.11. The minimum Gasteiger partial charge on any atom is -0.362 e. The highest BCUT2D eigenvalue weighted by Gasteiger charge is 2.39. The number of nitrogens with zero attached hydrogens (tertiary/aromatic N) is 1. The first-order valence-electron chi connectivity index (χ1n) is 10.00. The lowest BCUT2D eigenvalue weighted by Crippen LogP contribution is -2.35. The molecule has 0 fully saturated rings. The number of halogens is 4. The number of hydrogen-bond acceptors (Lipinski definition) is 4. The Morgan fingerprint density at radius 1 is 1.22 bits per heavy atom. The average Bonchev–Trinajstić information content (AvgIpc) is 2.74. The highest BCUT2D eigenvalue weighted by Crippen LogP contribution is 2.42. The van der Waals surface area contributed by atoms with Crippen LogP contribution in [0.2, 0.25) is 5.02 Å². The first kappa shape index (κ1) is 22.1. The molecule has 4 rings (SSSR count). The second-order valence-electron chi connectivity index (χ2n) is 7.67. The van der Waals surface area contributed by atoms with Crippen molar-refractivity contribution in [1.29, 1.82) is 0 Å². The molecule has 1 aliphatic carbocycles. The molecule has 1 aliphatic heterocycles. The van der Waals surface area contributed by atoms with Crippen LogP contribution in [-0.4, -0.2) is 16.7 Å². The third-order valence-electron chi connectivity index (χ3n) is 5.55. The molecule has 5 nitrogen and oxygen atoms in total. The quantitative estimate of drug-likeness (QED) is 0.645. The van der Waals surface area contributed by atoms with E-state index in [0.717, 1.165) is 23.9 Å². The largest absolute Gasteiger partial charge is 0.416 e. The van der Waals surface area contributed by atoms with Gasteiger partial charge in [-0.1, -0.05) is 17.7 Å². The Hall–Kier alpha value is -3.13. The molecule has 166 valence electrons. The Kier molecular flexibility index (Phi) is 5.81. The normalized spacial score (nSPS) is 18.9. The van der Waals surface area contributed by atoms with Crippen LogP contribution in [0.3, 0.4) is 0 Å². The minimum atomic E-state index is -4.59. The van der Waals surface area contributed by atoms with Crippen molar-refractivity contribution in [3.05, 3.63) is 81.4 Å². The first-order valence-corrected chi connectivity index (χ1v) is 10.4. The van der Waals surface area contributed by atoms with E-state index in [4.69, 9.17) is 11.6 Å². The predicted molar refractivity (Wildman–Crippen MR) is 114 cm³/mol. The molecule has 0 bridgehead atoms. The molecule has 1 unspecified atom stereocenters. The molecular formula is C23H19ClF3N3O2. The number of carbonyl (C=O) groups is 2. The van der Waals surface area contributed by atoms with Crippen molar-refractivity contribution in [1.82, 2.24) is 10.3 Å². The van der Waals surface area contributed by atoms with Crippen LogP contribution in [0.1, 0.15) is 43.4 Å². The maximum atomic E-state index is 13.3. The van der Waals surface area contributed by atoms with E-state index in [-0.39, 0.29) is 22.1 Å². The second kappa shape index (κ2) is 8.43. The second-order valence-corrected chi connectivity index (χ2v) is 8.07. The highest BCUT2D eigenvalue weighted by molar-refractivity contribution is 6.34. The summed E-state index contributed by atoms with van der Waals surface area (Å²) in [6, 6.07) is 7.92. The van der Waals surface area contributed by atoms with Crippen LogP contribution >= 0.6 is 11.6 Å². The summed E-state index contributed by atoms with van der Waals surface area (Å²) in [6.45, 7) is 1.70. The molecule has 32 heavy (non-hydrogen) atoms. The zero-order valence-corrected chi connectivity index (χ0v) is 17.8. The summed E-state index contributed by atoms with van der Waals surface area (Å²) in [7, 11) is 0. The third-order valence-corrected chi connectivity index (χ3v) is 5.88. The molecule has 2 N–H and O–H groups in total. The van der Waals surface area contributed by atoms with E-state index in [2.05, 4.69) is 15.6 Å². The Labute approximate surface area is 187 Å². The van der Waals surface area contributed by atoms with E-state index < -0.39 is 23.6 Å². The SMILES string of the molecule is CC1=C(C(=O)Nc2cc(C(F)(F)F)ccc2Cl)C(c2ccccn2)C2=C(CCCC2=O)N1. The molecule has 1 atom stereocenters. The van der Waals surface area contributed by atoms with Gasteiger partial charge in [0, 0.05) is 35.2 Å². The fraction of sp³-hybridized carbons (Fsp3) is 0.261. The number of allylic oxidation sites excluding steroid dienone is 3. The van der Waals surface area contributed by atoms with E-state index >= 15 is 0 Å². The number of rotatable bonds is 3. The number of anilines is 1. The van der Waals surface area contributed by atoms with Crippen molar-refractivity contribution in [2.45, 2.75) is 38.3 Å². The van der Waals surface area contributed by atoms with E-state index in [0.29, 0.717) is 36.2 Å². The number of carbonyl (C=O) groups excluding carboxylic acids is 2. The molecule has 0 saturated heterocycles. The van der Waals surface area contributed by atoms with Gasteiger partial charge in [-0.3, -0.25) is 14.6 Å². The number of pyridine rings is 1. The van der Waals surface area contributed by atoms with Gasteiger partial charge in [0.25, 0.3) is 5.91 Å². The third kappa shape index (κ3) is 4.14. The number of nitrogens with one attached hydrogen (secondary N) is 2. The van der Waals surface area contributed by atoms with Gasteiger partial charge in [-0.25, -0.2) is 0 Å². The molecular weight excluding hydrogens is 443 g/mol. The molecule has 1 amide bonds. The Morgan fingerprint density at radius 2 is 2.00 bits per heavy atom. The molecule has 0 radical (unpaired) electrons. The van der Waals surface area contributed by atoms with Crippen LogP contribution in [0.25, 0.3) is 0 Å². The van der Waals surface area contributed by atoms with Gasteiger partial charge in [-0.2, -0.15) is 13.2 Å². The van der Waals surface area contributed by atoms with Crippen LogP contribution < -0.4 is 10.6 Å². The van der Waals surface area contributed by atoms with Crippen molar-refractivity contribution >= 4 is 29.0 Å². The topological polar surface area (TPSA) is 71.1 Å². The smallest absolute Gasteiger partial charge is 0.362 e. The average molecular weight is 462 g/mol. The molecule has 9 heteroatoms. The van der Waals surface area contributed by atoms with Crippen LogP contribution in [0.15, 0.2) is 65.1 Å². The maximum absolute atomic E-state index is 13.3. The summed E-state index contributed by atoms with van der Waals surface area (Å²) in [5.41, 5.74) is 1.36. The number of Topliss-reactive ketones (excluding diaryl/α,β-unsaturated/α-hetero) is 1. The monoisotopic (exact) mass is 461 g/mol. The Morgan fingerprint density at radius 3 is 2.69 bits per heavy atom. The lowest BCUT2D eigenvalue weighted by atomic mass is 9.76. The minimum absolute atomic E-state index is 0.0311. The molecule has 1 aromatic heterocycles. The zero-order valence-electron chi connectivity index (χ0n) is 17.0. The van der Waals surface area contributed by atoms with Crippen LogP contribution in [0.5, 0.6) is 0 Å². The van der Waals surface area contributed by atoms with Gasteiger partial charge in [0.15, 0.2) is 5.78 Å². The van der Waals surface area contributed by atoms with Crippen LogP contribution in [-0.2, 0) is 15.8 Å². The van der Waals surface area contributed by atoms with Crippen molar-refractivity contribution in [3.63, 3.8) is 0 Å². The highest BCUT2D eigenvalue weighted by atomic mass is 35.5. The van der Waals surface area contributed by atoms with Crippen molar-refractivity contribution in [2.75, 3.05) is 5.32 Å². The number of amides is 1. The molecule has 0 spiro atoms. The summed E-state index contributed by atoms with van der Waals surface area (Å²) in [6.07, 6.45) is -1.29. The summed E-state index contributed by atoms with van der Waals surface area (Å²) < 4.78 is 39.4. The van der Waals surface area contributed by atoms with Crippen molar-refractivity contribution in [3.8, 4) is 0 Å². The molecule has 1 aromatic carbocycles. The van der Waals surface area contributed by atoms with Gasteiger partial charge in [0.1, 0.15) is 0 Å².